The van der Waals surface area contributed by atoms with Gasteiger partial charge in [-0.2, -0.15) is 8.78 Å². The van der Waals surface area contributed by atoms with Crippen LogP contribution in [0.25, 0.3) is 22.2 Å². The molecule has 2 aliphatic rings. The molecule has 1 amide bonds. The molecule has 0 unspecified atom stereocenters. The highest BCUT2D eigenvalue weighted by atomic mass is 31.2. The fraction of sp³-hybridized carbons (Fsp3) is 0.286. The molecule has 0 saturated carbocycles. The topological polar surface area (TPSA) is 64.4 Å². The van der Waals surface area contributed by atoms with E-state index in [1.54, 1.807) is 30.4 Å². The average molecular weight is 522 g/mol. The van der Waals surface area contributed by atoms with Gasteiger partial charge in [0.2, 0.25) is 0 Å². The van der Waals surface area contributed by atoms with Gasteiger partial charge < -0.3 is 18.8 Å². The van der Waals surface area contributed by atoms with Crippen molar-refractivity contribution in [2.45, 2.75) is 32.0 Å². The number of ether oxygens (including phenoxy) is 1. The first kappa shape index (κ1) is 23.9. The molecule has 6 rings (SSSR count). The van der Waals surface area contributed by atoms with Crippen LogP contribution in [0.2, 0.25) is 0 Å². The summed E-state index contributed by atoms with van der Waals surface area (Å²) in [6.07, 6.45) is 0.537. The molecule has 3 heterocycles. The highest BCUT2D eigenvalue weighted by Gasteiger charge is 2.45. The Balaban J connectivity index is 1.54. The van der Waals surface area contributed by atoms with Crippen molar-refractivity contribution in [3.63, 3.8) is 0 Å². The normalized spacial score (nSPS) is 18.8. The first-order valence-corrected chi connectivity index (χ1v) is 14.8. The second-order valence-corrected chi connectivity index (χ2v) is 13.1. The van der Waals surface area contributed by atoms with Gasteiger partial charge in [0.1, 0.15) is 18.7 Å². The smallest absolute Gasteiger partial charge is 0.387 e. The molecular formula is C28H26F2N3O3P. The Labute approximate surface area is 213 Å². The zero-order valence-electron chi connectivity index (χ0n) is 20.7. The lowest BCUT2D eigenvalue weighted by molar-refractivity contribution is -0.0507. The minimum atomic E-state index is -3.00. The van der Waals surface area contributed by atoms with E-state index in [-0.39, 0.29) is 23.7 Å². The van der Waals surface area contributed by atoms with Crippen LogP contribution in [-0.2, 0) is 4.57 Å². The van der Waals surface area contributed by atoms with Crippen LogP contribution in [0.5, 0.6) is 5.75 Å². The Bertz CT molecular complexity index is 1590. The summed E-state index contributed by atoms with van der Waals surface area (Å²) in [5.41, 5.74) is 4.43. The molecule has 190 valence electrons. The molecule has 2 atom stereocenters. The molecule has 0 spiro atoms. The van der Waals surface area contributed by atoms with Gasteiger partial charge in [0.25, 0.3) is 5.91 Å². The summed E-state index contributed by atoms with van der Waals surface area (Å²) in [6.45, 7) is 2.88. The van der Waals surface area contributed by atoms with Crippen molar-refractivity contribution in [2.24, 2.45) is 0 Å². The second kappa shape index (κ2) is 8.52. The zero-order valence-corrected chi connectivity index (χ0v) is 21.6. The Morgan fingerprint density at radius 2 is 1.78 bits per heavy atom. The van der Waals surface area contributed by atoms with E-state index in [2.05, 4.69) is 4.57 Å². The van der Waals surface area contributed by atoms with E-state index in [0.717, 1.165) is 33.3 Å². The predicted octanol–water partition coefficient (Wildman–Crippen LogP) is 6.06. The maximum Gasteiger partial charge on any atom is 0.387 e. The molecule has 37 heavy (non-hydrogen) atoms. The van der Waals surface area contributed by atoms with Crippen molar-refractivity contribution in [3.05, 3.63) is 77.6 Å². The number of amides is 1. The number of rotatable bonds is 5. The van der Waals surface area contributed by atoms with Gasteiger partial charge in [0.05, 0.1) is 23.1 Å². The number of hydrogen-bond donors (Lipinski definition) is 0. The Morgan fingerprint density at radius 3 is 2.46 bits per heavy atom. The Kier molecular flexibility index (Phi) is 5.50. The van der Waals surface area contributed by atoms with Crippen molar-refractivity contribution < 1.29 is 22.9 Å². The predicted molar refractivity (Wildman–Crippen MR) is 140 cm³/mol. The second-order valence-electron chi connectivity index (χ2n) is 9.90. The van der Waals surface area contributed by atoms with E-state index in [0.29, 0.717) is 24.1 Å². The van der Waals surface area contributed by atoms with E-state index in [9.17, 15) is 18.1 Å². The molecule has 0 saturated heterocycles. The monoisotopic (exact) mass is 521 g/mol. The number of imidazole rings is 1. The Hall–Kier alpha value is -3.51. The van der Waals surface area contributed by atoms with Crippen LogP contribution >= 0.6 is 7.14 Å². The summed E-state index contributed by atoms with van der Waals surface area (Å²) in [5.74, 6) is 0.568. The van der Waals surface area contributed by atoms with Gasteiger partial charge in [0.15, 0.2) is 0 Å². The van der Waals surface area contributed by atoms with Crippen LogP contribution in [0.4, 0.5) is 8.78 Å². The number of carbonyl (C=O) groups excluding carboxylic acids is 1. The first-order chi connectivity index (χ1) is 17.7. The molecule has 2 bridgehead atoms. The number of carbonyl (C=O) groups is 1. The number of hydrogen-bond acceptors (Lipinski definition) is 4. The highest BCUT2D eigenvalue weighted by Crippen LogP contribution is 2.50. The molecule has 2 aliphatic heterocycles. The summed E-state index contributed by atoms with van der Waals surface area (Å²) < 4.78 is 46.1. The Morgan fingerprint density at radius 1 is 1.05 bits per heavy atom. The summed E-state index contributed by atoms with van der Waals surface area (Å²) in [7, 11) is -2.36. The molecule has 9 heteroatoms. The van der Waals surface area contributed by atoms with Gasteiger partial charge in [-0.1, -0.05) is 36.4 Å². The fourth-order valence-electron chi connectivity index (χ4n) is 5.74. The molecule has 0 aliphatic carbocycles. The number of alkyl halides is 2. The van der Waals surface area contributed by atoms with Crippen molar-refractivity contribution in [2.75, 3.05) is 19.9 Å². The van der Waals surface area contributed by atoms with Gasteiger partial charge in [-0.3, -0.25) is 4.79 Å². The lowest BCUT2D eigenvalue weighted by Gasteiger charge is -2.27. The van der Waals surface area contributed by atoms with E-state index in [1.807, 2.05) is 49.4 Å². The third kappa shape index (κ3) is 3.77. The number of benzene rings is 3. The third-order valence-corrected chi connectivity index (χ3v) is 8.96. The van der Waals surface area contributed by atoms with Crippen LogP contribution in [-0.4, -0.2) is 46.8 Å². The zero-order chi connectivity index (χ0) is 26.1. The van der Waals surface area contributed by atoms with Crippen molar-refractivity contribution in [1.29, 1.82) is 0 Å². The van der Waals surface area contributed by atoms with Crippen LogP contribution in [0.3, 0.4) is 0 Å². The number of aromatic nitrogens is 2. The molecule has 4 aromatic rings. The fourth-order valence-corrected chi connectivity index (χ4v) is 6.60. The molecule has 1 aromatic heterocycles. The van der Waals surface area contributed by atoms with Crippen molar-refractivity contribution >= 4 is 29.4 Å². The van der Waals surface area contributed by atoms with Crippen molar-refractivity contribution in [3.8, 4) is 16.9 Å². The quantitative estimate of drug-likeness (QED) is 0.300. The van der Waals surface area contributed by atoms with Crippen LogP contribution < -0.4 is 10.0 Å². The van der Waals surface area contributed by atoms with E-state index in [4.69, 9.17) is 9.72 Å². The third-order valence-electron chi connectivity index (χ3n) is 7.42. The largest absolute Gasteiger partial charge is 0.434 e. The standard InChI is InChI=1S/C28H26F2N3O3P/c1-4-32-23-15-22(25-19(27(32)34)6-5-7-24(25)36-28(29)30)33-21-14-17(10-13-20(21)31-26(23)33)16-8-11-18(12-9-16)37(2,3)35/h5-14,22-23,28H,4,15H2,1-3H3/t22-,23-/m1/s1. The van der Waals surface area contributed by atoms with Gasteiger partial charge in [-0.15, -0.1) is 0 Å². The van der Waals surface area contributed by atoms with Gasteiger partial charge in [-0.25, -0.2) is 4.98 Å². The molecular weight excluding hydrogens is 495 g/mol. The molecule has 0 fully saturated rings. The van der Waals surface area contributed by atoms with Crippen LogP contribution in [0.1, 0.15) is 47.2 Å². The number of halogens is 2. The molecule has 0 radical (unpaired) electrons. The van der Waals surface area contributed by atoms with E-state index in [1.165, 1.54) is 6.07 Å². The summed E-state index contributed by atoms with van der Waals surface area (Å²) in [5, 5.41) is 0.820. The molecule has 6 nitrogen and oxygen atoms in total. The van der Waals surface area contributed by atoms with Gasteiger partial charge >= 0.3 is 6.61 Å². The van der Waals surface area contributed by atoms with E-state index >= 15 is 0 Å². The van der Waals surface area contributed by atoms with Gasteiger partial charge in [0, 0.05) is 29.4 Å². The minimum Gasteiger partial charge on any atom is -0.434 e. The summed E-state index contributed by atoms with van der Waals surface area (Å²) >= 11 is 0. The average Bonchev–Trinajstić information content (AvgIpc) is 3.37. The number of nitrogens with zero attached hydrogens (tertiary/aromatic N) is 3. The SMILES string of the molecule is CCN1C(=O)c2cccc(OC(F)F)c2[C@H]2C[C@@H]1c1nc3ccc(-c4ccc(P(C)(C)=O)cc4)cc3n12. The van der Waals surface area contributed by atoms with Crippen LogP contribution in [0.15, 0.2) is 60.7 Å². The summed E-state index contributed by atoms with van der Waals surface area (Å²) in [4.78, 5) is 20.1. The first-order valence-electron chi connectivity index (χ1n) is 12.2. The number of fused-ring (bicyclic) bond motifs is 9. The summed E-state index contributed by atoms with van der Waals surface area (Å²) in [6, 6.07) is 17.8. The maximum atomic E-state index is 13.5. The van der Waals surface area contributed by atoms with Crippen molar-refractivity contribution in [1.82, 2.24) is 14.5 Å². The highest BCUT2D eigenvalue weighted by molar-refractivity contribution is 7.70. The molecule has 3 aromatic carbocycles. The van der Waals surface area contributed by atoms with E-state index < -0.39 is 13.8 Å². The maximum absolute atomic E-state index is 13.5. The van der Waals surface area contributed by atoms with Gasteiger partial charge in [-0.05, 0) is 55.6 Å². The lowest BCUT2D eigenvalue weighted by Crippen LogP contribution is -2.34. The minimum absolute atomic E-state index is 0.0209. The van der Waals surface area contributed by atoms with Crippen LogP contribution in [0, 0.1) is 0 Å². The lowest BCUT2D eigenvalue weighted by atomic mass is 9.97. The molecule has 0 N–H and O–H groups in total.